The number of nitrogens with zero attached hydrogens (tertiary/aromatic N) is 2. The zero-order valence-electron chi connectivity index (χ0n) is 7.74. The van der Waals surface area contributed by atoms with Crippen molar-refractivity contribution in [1.29, 1.82) is 0 Å². The first-order valence-electron chi connectivity index (χ1n) is 4.09. The lowest BCUT2D eigenvalue weighted by Crippen LogP contribution is -2.27. The minimum absolute atomic E-state index is 0.157. The van der Waals surface area contributed by atoms with E-state index in [1.54, 1.807) is 18.6 Å². The Labute approximate surface area is 72.8 Å². The summed E-state index contributed by atoms with van der Waals surface area (Å²) < 4.78 is 5.58. The Balaban J connectivity index is 2.64. The van der Waals surface area contributed by atoms with Gasteiger partial charge in [-0.25, -0.2) is 4.98 Å². The third-order valence-corrected chi connectivity index (χ3v) is 1.77. The molecule has 0 radical (unpaired) electrons. The lowest BCUT2D eigenvalue weighted by atomic mass is 10.1. The molecule has 1 rings (SSSR count). The molecule has 0 spiro atoms. The van der Waals surface area contributed by atoms with E-state index in [0.29, 0.717) is 5.88 Å². The fourth-order valence-corrected chi connectivity index (χ4v) is 0.693. The Morgan fingerprint density at radius 2 is 2.17 bits per heavy atom. The van der Waals surface area contributed by atoms with Crippen molar-refractivity contribution >= 4 is 0 Å². The molecule has 3 nitrogen and oxygen atoms in total. The average molecular weight is 166 g/mol. The molecule has 66 valence electrons. The highest BCUT2D eigenvalue weighted by Crippen LogP contribution is 2.16. The van der Waals surface area contributed by atoms with Crippen LogP contribution < -0.4 is 4.74 Å². The van der Waals surface area contributed by atoms with Gasteiger partial charge in [-0.2, -0.15) is 0 Å². The van der Waals surface area contributed by atoms with Crippen LogP contribution in [0.15, 0.2) is 18.6 Å². The second kappa shape index (κ2) is 3.52. The molecule has 0 atom stereocenters. The van der Waals surface area contributed by atoms with Crippen molar-refractivity contribution in [3.63, 3.8) is 0 Å². The number of aromatic nitrogens is 2. The van der Waals surface area contributed by atoms with Crippen LogP contribution in [0.2, 0.25) is 0 Å². The van der Waals surface area contributed by atoms with Gasteiger partial charge in [0.15, 0.2) is 0 Å². The summed E-state index contributed by atoms with van der Waals surface area (Å²) in [6.07, 6.45) is 5.83. The molecule has 0 fully saturated rings. The topological polar surface area (TPSA) is 35.0 Å². The highest BCUT2D eigenvalue weighted by atomic mass is 16.5. The third-order valence-electron chi connectivity index (χ3n) is 1.77. The molecule has 12 heavy (non-hydrogen) atoms. The van der Waals surface area contributed by atoms with Gasteiger partial charge in [0, 0.05) is 12.4 Å². The second-order valence-corrected chi connectivity index (χ2v) is 3.26. The van der Waals surface area contributed by atoms with Gasteiger partial charge in [0.25, 0.3) is 0 Å². The number of rotatable bonds is 3. The van der Waals surface area contributed by atoms with Gasteiger partial charge in [-0.15, -0.1) is 0 Å². The molecule has 1 heterocycles. The number of hydrogen-bond donors (Lipinski definition) is 0. The summed E-state index contributed by atoms with van der Waals surface area (Å²) in [5.41, 5.74) is -0.157. The molecule has 0 unspecified atom stereocenters. The molecule has 0 saturated heterocycles. The first kappa shape index (κ1) is 8.97. The van der Waals surface area contributed by atoms with Crippen molar-refractivity contribution in [2.24, 2.45) is 0 Å². The monoisotopic (exact) mass is 166 g/mol. The number of hydrogen-bond acceptors (Lipinski definition) is 3. The van der Waals surface area contributed by atoms with E-state index >= 15 is 0 Å². The van der Waals surface area contributed by atoms with Crippen LogP contribution in [0.5, 0.6) is 5.88 Å². The predicted molar refractivity (Wildman–Crippen MR) is 47.0 cm³/mol. The molecule has 1 aromatic heterocycles. The average Bonchev–Trinajstić information content (AvgIpc) is 2.06. The van der Waals surface area contributed by atoms with E-state index in [2.05, 4.69) is 16.9 Å². The fourth-order valence-electron chi connectivity index (χ4n) is 0.693. The molecule has 0 aromatic carbocycles. The Hall–Kier alpha value is -1.12. The van der Waals surface area contributed by atoms with Crippen molar-refractivity contribution in [3.05, 3.63) is 18.6 Å². The first-order chi connectivity index (χ1) is 5.64. The molecule has 3 heteroatoms. The molecule has 0 saturated carbocycles. The molecule has 0 bridgehead atoms. The molecule has 0 aliphatic heterocycles. The maximum atomic E-state index is 5.58. The van der Waals surface area contributed by atoms with Crippen LogP contribution >= 0.6 is 0 Å². The largest absolute Gasteiger partial charge is 0.471 e. The SMILES string of the molecule is CCC(C)(C)Oc1cnccn1. The first-order valence-corrected chi connectivity index (χ1v) is 4.09. The van der Waals surface area contributed by atoms with Crippen LogP contribution in [0.4, 0.5) is 0 Å². The fraction of sp³-hybridized carbons (Fsp3) is 0.556. The molecule has 0 aliphatic rings. The third kappa shape index (κ3) is 2.49. The Kier molecular flexibility index (Phi) is 2.63. The van der Waals surface area contributed by atoms with Gasteiger partial charge < -0.3 is 4.74 Å². The minimum atomic E-state index is -0.157. The maximum Gasteiger partial charge on any atom is 0.232 e. The van der Waals surface area contributed by atoms with Gasteiger partial charge in [0.05, 0.1) is 6.20 Å². The van der Waals surface area contributed by atoms with Crippen LogP contribution in [-0.4, -0.2) is 15.6 Å². The van der Waals surface area contributed by atoms with E-state index in [1.165, 1.54) is 0 Å². The quantitative estimate of drug-likeness (QED) is 0.689. The van der Waals surface area contributed by atoms with E-state index in [4.69, 9.17) is 4.74 Å². The predicted octanol–water partition coefficient (Wildman–Crippen LogP) is 2.04. The highest BCUT2D eigenvalue weighted by molar-refractivity contribution is 5.03. The van der Waals surface area contributed by atoms with Crippen LogP contribution in [0, 0.1) is 0 Å². The second-order valence-electron chi connectivity index (χ2n) is 3.26. The van der Waals surface area contributed by atoms with E-state index in [-0.39, 0.29) is 5.60 Å². The van der Waals surface area contributed by atoms with E-state index < -0.39 is 0 Å². The highest BCUT2D eigenvalue weighted by Gasteiger charge is 2.16. The zero-order valence-corrected chi connectivity index (χ0v) is 7.74. The van der Waals surface area contributed by atoms with Crippen molar-refractivity contribution in [2.45, 2.75) is 32.8 Å². The van der Waals surface area contributed by atoms with Crippen LogP contribution in [0.1, 0.15) is 27.2 Å². The van der Waals surface area contributed by atoms with Gasteiger partial charge >= 0.3 is 0 Å². The van der Waals surface area contributed by atoms with E-state index in [1.807, 2.05) is 13.8 Å². The Morgan fingerprint density at radius 3 is 2.67 bits per heavy atom. The van der Waals surface area contributed by atoms with Crippen molar-refractivity contribution in [1.82, 2.24) is 9.97 Å². The summed E-state index contributed by atoms with van der Waals surface area (Å²) in [6.45, 7) is 6.14. The summed E-state index contributed by atoms with van der Waals surface area (Å²) in [7, 11) is 0. The summed E-state index contributed by atoms with van der Waals surface area (Å²) in [5, 5.41) is 0. The lowest BCUT2D eigenvalue weighted by molar-refractivity contribution is 0.0984. The molecular weight excluding hydrogens is 152 g/mol. The standard InChI is InChI=1S/C9H14N2O/c1-4-9(2,3)12-8-7-10-5-6-11-8/h5-7H,4H2,1-3H3. The van der Waals surface area contributed by atoms with Gasteiger partial charge in [-0.05, 0) is 20.3 Å². The lowest BCUT2D eigenvalue weighted by Gasteiger charge is -2.23. The summed E-state index contributed by atoms with van der Waals surface area (Å²) >= 11 is 0. The summed E-state index contributed by atoms with van der Waals surface area (Å²) in [5.74, 6) is 0.587. The number of ether oxygens (including phenoxy) is 1. The molecule has 0 aliphatic carbocycles. The van der Waals surface area contributed by atoms with Crippen LogP contribution in [0.25, 0.3) is 0 Å². The molecule has 0 amide bonds. The normalized spacial score (nSPS) is 11.2. The van der Waals surface area contributed by atoms with Gasteiger partial charge in [-0.3, -0.25) is 4.98 Å². The van der Waals surface area contributed by atoms with Crippen molar-refractivity contribution in [3.8, 4) is 5.88 Å². The van der Waals surface area contributed by atoms with Crippen LogP contribution in [0.3, 0.4) is 0 Å². The minimum Gasteiger partial charge on any atom is -0.471 e. The molecular formula is C9H14N2O. The van der Waals surface area contributed by atoms with E-state index in [0.717, 1.165) is 6.42 Å². The summed E-state index contributed by atoms with van der Waals surface area (Å²) in [4.78, 5) is 7.94. The smallest absolute Gasteiger partial charge is 0.232 e. The molecule has 1 aromatic rings. The molecule has 0 N–H and O–H groups in total. The Bertz CT molecular complexity index is 234. The maximum absolute atomic E-state index is 5.58. The van der Waals surface area contributed by atoms with Crippen molar-refractivity contribution < 1.29 is 4.74 Å². The van der Waals surface area contributed by atoms with Crippen molar-refractivity contribution in [2.75, 3.05) is 0 Å². The van der Waals surface area contributed by atoms with Crippen LogP contribution in [-0.2, 0) is 0 Å². The Morgan fingerprint density at radius 1 is 1.42 bits per heavy atom. The van der Waals surface area contributed by atoms with Gasteiger partial charge in [-0.1, -0.05) is 6.92 Å². The van der Waals surface area contributed by atoms with Gasteiger partial charge in [0.2, 0.25) is 5.88 Å². The zero-order chi connectivity index (χ0) is 9.03. The summed E-state index contributed by atoms with van der Waals surface area (Å²) in [6, 6.07) is 0. The van der Waals surface area contributed by atoms with Gasteiger partial charge in [0.1, 0.15) is 5.60 Å². The van der Waals surface area contributed by atoms with E-state index in [9.17, 15) is 0 Å².